The van der Waals surface area contributed by atoms with E-state index in [4.69, 9.17) is 14.2 Å². The van der Waals surface area contributed by atoms with Crippen LogP contribution in [0, 0.1) is 25.7 Å². The number of hydrogen-bond acceptors (Lipinski definition) is 15. The Kier molecular flexibility index (Phi) is 25.6. The molecule has 1 aliphatic heterocycles. The van der Waals surface area contributed by atoms with Gasteiger partial charge >= 0.3 is 23.9 Å². The Hall–Kier alpha value is -7.20. The van der Waals surface area contributed by atoms with Crippen molar-refractivity contribution in [1.82, 2.24) is 42.1 Å². The number of benzene rings is 1. The van der Waals surface area contributed by atoms with Crippen LogP contribution in [0.5, 0.6) is 0 Å². The van der Waals surface area contributed by atoms with Crippen molar-refractivity contribution in [3.8, 4) is 0 Å². The fraction of sp³-hybridized carbons (Fsp3) is 0.630. The van der Waals surface area contributed by atoms with Gasteiger partial charge in [0.25, 0.3) is 5.91 Å². The van der Waals surface area contributed by atoms with E-state index in [1.165, 1.54) is 6.08 Å². The maximum atomic E-state index is 14.9. The van der Waals surface area contributed by atoms with Crippen LogP contribution < -0.4 is 37.2 Å². The molecule has 2 unspecified atom stereocenters. The number of ketones is 2. The van der Waals surface area contributed by atoms with E-state index in [0.717, 1.165) is 23.0 Å². The van der Waals surface area contributed by atoms with Crippen molar-refractivity contribution in [3.63, 3.8) is 0 Å². The monoisotopic (exact) mass is 1080 g/mol. The molecule has 1 fully saturated rings. The number of Topliss-reactive ketones (excluding diaryl/α,β-unsaturated/α-hetero) is 2. The molecule has 1 saturated heterocycles. The van der Waals surface area contributed by atoms with Gasteiger partial charge in [-0.05, 0) is 103 Å². The van der Waals surface area contributed by atoms with Gasteiger partial charge < -0.3 is 56.3 Å². The van der Waals surface area contributed by atoms with Crippen LogP contribution in [0.1, 0.15) is 138 Å². The summed E-state index contributed by atoms with van der Waals surface area (Å²) in [6, 6.07) is -5.94. The lowest BCUT2D eigenvalue weighted by Gasteiger charge is -2.31. The maximum absolute atomic E-state index is 14.9. The van der Waals surface area contributed by atoms with Crippen LogP contribution in [-0.4, -0.2) is 142 Å². The summed E-state index contributed by atoms with van der Waals surface area (Å²) in [5.74, 6) is -11.0. The number of nitrogens with zero attached hydrogens (tertiary/aromatic N) is 1. The van der Waals surface area contributed by atoms with Gasteiger partial charge in [-0.15, -0.1) is 0 Å². The Labute approximate surface area is 451 Å². The van der Waals surface area contributed by atoms with E-state index in [9.17, 15) is 57.5 Å². The molecule has 23 nitrogen and oxygen atoms in total. The first-order valence-corrected chi connectivity index (χ1v) is 25.9. The highest BCUT2D eigenvalue weighted by atomic mass is 16.6. The van der Waals surface area contributed by atoms with Gasteiger partial charge in [0, 0.05) is 26.3 Å². The van der Waals surface area contributed by atoms with Crippen molar-refractivity contribution in [2.75, 3.05) is 13.2 Å². The zero-order valence-corrected chi connectivity index (χ0v) is 47.1. The van der Waals surface area contributed by atoms with Gasteiger partial charge in [-0.25, -0.2) is 4.79 Å². The third-order valence-electron chi connectivity index (χ3n) is 11.8. The minimum Gasteiger partial charge on any atom is -0.460 e. The number of urea groups is 1. The second kappa shape index (κ2) is 29.9. The summed E-state index contributed by atoms with van der Waals surface area (Å²) in [5.41, 5.74) is 0.684. The summed E-state index contributed by atoms with van der Waals surface area (Å²) in [6.07, 6.45) is 0.332. The molecular formula is C54H82N8O15. The third kappa shape index (κ3) is 22.1. The van der Waals surface area contributed by atoms with Crippen molar-refractivity contribution >= 4 is 70.9 Å². The Bertz CT molecular complexity index is 2350. The van der Waals surface area contributed by atoms with Gasteiger partial charge in [-0.1, -0.05) is 71.9 Å². The molecule has 1 aromatic carbocycles. The van der Waals surface area contributed by atoms with Crippen molar-refractivity contribution in [2.45, 2.75) is 195 Å². The number of nitrogens with one attached hydrogen (secondary N) is 7. The zero-order valence-electron chi connectivity index (χ0n) is 47.1. The highest BCUT2D eigenvalue weighted by Crippen LogP contribution is 2.24. The van der Waals surface area contributed by atoms with Crippen molar-refractivity contribution < 1.29 is 71.7 Å². The minimum atomic E-state index is -1.65. The predicted molar refractivity (Wildman–Crippen MR) is 282 cm³/mol. The fourth-order valence-corrected chi connectivity index (χ4v) is 7.96. The molecule has 0 aromatic heterocycles. The number of rotatable bonds is 29. The molecule has 23 heteroatoms. The Balaban J connectivity index is 2.56. The highest BCUT2D eigenvalue weighted by molar-refractivity contribution is 6.38. The first-order chi connectivity index (χ1) is 35.7. The quantitative estimate of drug-likeness (QED) is 0.0262. The number of hydrogen-bond donors (Lipinski definition) is 7. The van der Waals surface area contributed by atoms with Crippen LogP contribution in [0.4, 0.5) is 4.79 Å². The predicted octanol–water partition coefficient (Wildman–Crippen LogP) is 2.35. The Morgan fingerprint density at radius 2 is 1.23 bits per heavy atom. The standard InChI is InChI=1S/C54H82N8O15/c1-16-18-35(45(67)51(73)55-27-40(66)75-25-17-2)57-50(72)44-43(61-52(74)62(44)28-34-20-19-31(7)32(8)26-34)46(68)41(29(3)4)59-49(71)42(30(5)6)60-48(70)37(22-24-39(65)77-54(13,14)15)58-47(69)36(56-33(9)63)21-23-38(64)76-53(10,11)12/h17,19-20,26,29-30,35-37,41-44H,2,16,18,21-25,27-28H2,1,3-15H3,(H,55,73)(H,56,63)(H,57,72)(H,58,69)(H,59,71)(H,60,70)(H,61,74)/t35?,36-,37-,41-,42-,43?,44+/m0/s1. The normalized spacial score (nSPS) is 16.3. The molecule has 2 rings (SSSR count). The van der Waals surface area contributed by atoms with Gasteiger partial charge in [-0.2, -0.15) is 0 Å². The number of amides is 8. The molecule has 0 bridgehead atoms. The van der Waals surface area contributed by atoms with Crippen LogP contribution in [0.25, 0.3) is 0 Å². The molecule has 0 aliphatic carbocycles. The van der Waals surface area contributed by atoms with Crippen molar-refractivity contribution in [3.05, 3.63) is 47.5 Å². The molecule has 0 spiro atoms. The summed E-state index contributed by atoms with van der Waals surface area (Å²) < 4.78 is 15.6. The summed E-state index contributed by atoms with van der Waals surface area (Å²) in [6.45, 7) is 25.4. The average molecular weight is 1080 g/mol. The lowest BCUT2D eigenvalue weighted by molar-refractivity contribution is -0.156. The van der Waals surface area contributed by atoms with Crippen LogP contribution in [-0.2, 0) is 73.5 Å². The zero-order chi connectivity index (χ0) is 58.7. The van der Waals surface area contributed by atoms with Gasteiger partial charge in [0.15, 0.2) is 5.78 Å². The van der Waals surface area contributed by atoms with E-state index < -0.39 is 143 Å². The maximum Gasteiger partial charge on any atom is 0.325 e. The molecule has 428 valence electrons. The van der Waals surface area contributed by atoms with E-state index in [1.54, 1.807) is 88.3 Å². The molecule has 1 aromatic rings. The molecule has 7 N–H and O–H groups in total. The molecule has 7 atom stereocenters. The number of ether oxygens (including phenoxy) is 3. The van der Waals surface area contributed by atoms with Gasteiger partial charge in [0.2, 0.25) is 35.3 Å². The van der Waals surface area contributed by atoms with Crippen LogP contribution in [0.15, 0.2) is 30.9 Å². The summed E-state index contributed by atoms with van der Waals surface area (Å²) in [4.78, 5) is 163. The Morgan fingerprint density at radius 3 is 1.73 bits per heavy atom. The second-order valence-corrected chi connectivity index (χ2v) is 21.7. The van der Waals surface area contributed by atoms with Crippen molar-refractivity contribution in [1.29, 1.82) is 0 Å². The van der Waals surface area contributed by atoms with Gasteiger partial charge in [0.05, 0.1) is 12.1 Å². The number of carbonyl (C=O) groups is 12. The molecule has 1 heterocycles. The Morgan fingerprint density at radius 1 is 0.701 bits per heavy atom. The summed E-state index contributed by atoms with van der Waals surface area (Å²) >= 11 is 0. The number of esters is 3. The molecule has 1 aliphatic rings. The number of aryl methyl sites for hydroxylation is 2. The topological polar surface area (TPSA) is 320 Å². The van der Waals surface area contributed by atoms with E-state index in [-0.39, 0.29) is 45.3 Å². The highest BCUT2D eigenvalue weighted by Gasteiger charge is 2.50. The van der Waals surface area contributed by atoms with Crippen LogP contribution in [0.3, 0.4) is 0 Å². The largest absolute Gasteiger partial charge is 0.460 e. The summed E-state index contributed by atoms with van der Waals surface area (Å²) in [7, 11) is 0. The molecule has 0 saturated carbocycles. The first kappa shape index (κ1) is 65.9. The molecule has 0 radical (unpaired) electrons. The minimum absolute atomic E-state index is 0.0503. The van der Waals surface area contributed by atoms with E-state index in [1.807, 2.05) is 19.9 Å². The van der Waals surface area contributed by atoms with E-state index in [2.05, 4.69) is 43.8 Å². The van der Waals surface area contributed by atoms with Crippen molar-refractivity contribution in [2.24, 2.45) is 11.8 Å². The van der Waals surface area contributed by atoms with Gasteiger partial charge in [-0.3, -0.25) is 52.7 Å². The summed E-state index contributed by atoms with van der Waals surface area (Å²) in [5, 5.41) is 17.7. The average Bonchev–Trinajstić information content (AvgIpc) is 3.64. The molecular weight excluding hydrogens is 1000 g/mol. The number of carbonyl (C=O) groups excluding carboxylic acids is 12. The lowest BCUT2D eigenvalue weighted by Crippen LogP contribution is -2.62. The second-order valence-electron chi connectivity index (χ2n) is 21.7. The fourth-order valence-electron chi connectivity index (χ4n) is 7.96. The van der Waals surface area contributed by atoms with Crippen LogP contribution >= 0.6 is 0 Å². The van der Waals surface area contributed by atoms with Gasteiger partial charge in [0.1, 0.15) is 54.6 Å². The molecule has 8 amide bonds. The lowest BCUT2D eigenvalue weighted by atomic mass is 9.90. The SMILES string of the molecule is C=CCOC(=O)CNC(=O)C(=O)C(CCC)NC(=O)[C@H]1C(C(=O)[C@@H](NC(=O)[C@@H](NC(=O)[C@H](CCC(=O)OC(C)(C)C)NC(=O)[C@H](CCC(=O)OC(C)(C)C)NC(C)=O)C(C)C)C(C)C)NC(=O)N1Cc1ccc(C)c(C)c1. The smallest absolute Gasteiger partial charge is 0.325 e. The first-order valence-electron chi connectivity index (χ1n) is 25.9. The van der Waals surface area contributed by atoms with E-state index in [0.29, 0.717) is 12.0 Å². The third-order valence-corrected chi connectivity index (χ3v) is 11.8. The van der Waals surface area contributed by atoms with Crippen LogP contribution in [0.2, 0.25) is 0 Å². The van der Waals surface area contributed by atoms with E-state index >= 15 is 0 Å². The molecule has 77 heavy (non-hydrogen) atoms.